The van der Waals surface area contributed by atoms with Crippen LogP contribution in [-0.4, -0.2) is 41.8 Å². The van der Waals surface area contributed by atoms with Crippen molar-refractivity contribution in [3.8, 4) is 5.75 Å². The Morgan fingerprint density at radius 1 is 1.07 bits per heavy atom. The Hall–Kier alpha value is -3.61. The fourth-order valence-electron chi connectivity index (χ4n) is 3.11. The molecule has 0 bridgehead atoms. The summed E-state index contributed by atoms with van der Waals surface area (Å²) < 4.78 is 5.94. The lowest BCUT2D eigenvalue weighted by Gasteiger charge is -2.32. The van der Waals surface area contributed by atoms with E-state index in [0.717, 1.165) is 18.6 Å². The Labute approximate surface area is 169 Å². The fraction of sp³-hybridized carbons (Fsp3) is 0.227. The van der Waals surface area contributed by atoms with E-state index in [2.05, 4.69) is 5.32 Å². The van der Waals surface area contributed by atoms with E-state index in [1.165, 1.54) is 18.2 Å². The van der Waals surface area contributed by atoms with Crippen LogP contribution >= 0.6 is 0 Å². The van der Waals surface area contributed by atoms with Gasteiger partial charge in [-0.15, -0.1) is 0 Å². The molecule has 0 spiro atoms. The summed E-state index contributed by atoms with van der Waals surface area (Å²) in [6.45, 7) is 1.10. The molecule has 3 N–H and O–H groups in total. The minimum atomic E-state index is -0.579. The monoisotopic (exact) mass is 393 g/mol. The number of carbonyl (C=O) groups excluding carboxylic acids is 3. The van der Waals surface area contributed by atoms with Gasteiger partial charge in [0.25, 0.3) is 0 Å². The third kappa shape index (κ3) is 5.93. The van der Waals surface area contributed by atoms with Crippen molar-refractivity contribution in [2.45, 2.75) is 18.9 Å². The van der Waals surface area contributed by atoms with E-state index in [1.807, 2.05) is 30.3 Å². The number of benzene rings is 2. The van der Waals surface area contributed by atoms with Crippen molar-refractivity contribution in [2.24, 2.45) is 5.73 Å². The second-order valence-corrected chi connectivity index (χ2v) is 6.75. The fourth-order valence-corrected chi connectivity index (χ4v) is 3.11. The maximum Gasteiger partial charge on any atom is 0.248 e. The standard InChI is InChI=1S/C22H23N3O4/c23-22(28)16-6-4-7-17(14-16)24-20(26)11-12-21(27)25-13-5-10-19(15-25)29-18-8-2-1-3-9-18/h1-4,6-9,11-12,14,19H,5,10,13,15H2,(H2,23,28)(H,24,26)/b12-11-. The molecule has 0 aliphatic carbocycles. The highest BCUT2D eigenvalue weighted by atomic mass is 16.5. The highest BCUT2D eigenvalue weighted by Gasteiger charge is 2.23. The third-order valence-electron chi connectivity index (χ3n) is 4.53. The van der Waals surface area contributed by atoms with Crippen LogP contribution in [-0.2, 0) is 9.59 Å². The van der Waals surface area contributed by atoms with Gasteiger partial charge in [-0.2, -0.15) is 0 Å². The SMILES string of the molecule is NC(=O)c1cccc(NC(=O)/C=C\C(=O)N2CCCC(Oc3ccccc3)C2)c1. The van der Waals surface area contributed by atoms with Crippen LogP contribution in [0.4, 0.5) is 5.69 Å². The zero-order valence-corrected chi connectivity index (χ0v) is 15.9. The van der Waals surface area contributed by atoms with Crippen LogP contribution < -0.4 is 15.8 Å². The van der Waals surface area contributed by atoms with E-state index < -0.39 is 11.8 Å². The van der Waals surface area contributed by atoms with Crippen LogP contribution in [0.5, 0.6) is 5.75 Å². The molecule has 1 unspecified atom stereocenters. The topological polar surface area (TPSA) is 102 Å². The normalized spacial score (nSPS) is 16.4. The summed E-state index contributed by atoms with van der Waals surface area (Å²) in [5.41, 5.74) is 5.95. The summed E-state index contributed by atoms with van der Waals surface area (Å²) in [5.74, 6) is -0.509. The number of piperidine rings is 1. The van der Waals surface area contributed by atoms with Gasteiger partial charge in [-0.05, 0) is 43.2 Å². The van der Waals surface area contributed by atoms with E-state index in [9.17, 15) is 14.4 Å². The predicted octanol–water partition coefficient (Wildman–Crippen LogP) is 2.35. The number of nitrogens with zero attached hydrogens (tertiary/aromatic N) is 1. The summed E-state index contributed by atoms with van der Waals surface area (Å²) in [7, 11) is 0. The number of primary amides is 1. The molecule has 150 valence electrons. The molecular formula is C22H23N3O4. The number of hydrogen-bond donors (Lipinski definition) is 2. The smallest absolute Gasteiger partial charge is 0.248 e. The van der Waals surface area contributed by atoms with Gasteiger partial charge in [0.15, 0.2) is 0 Å². The zero-order chi connectivity index (χ0) is 20.6. The van der Waals surface area contributed by atoms with Gasteiger partial charge in [0.1, 0.15) is 11.9 Å². The van der Waals surface area contributed by atoms with Crippen LogP contribution in [0.3, 0.4) is 0 Å². The maximum absolute atomic E-state index is 12.4. The number of anilines is 1. The Morgan fingerprint density at radius 3 is 2.62 bits per heavy atom. The molecule has 1 saturated heterocycles. The van der Waals surface area contributed by atoms with Gasteiger partial charge in [-0.25, -0.2) is 0 Å². The molecule has 7 nitrogen and oxygen atoms in total. The first-order valence-electron chi connectivity index (χ1n) is 9.41. The van der Waals surface area contributed by atoms with Gasteiger partial charge in [-0.1, -0.05) is 24.3 Å². The second kappa shape index (κ2) is 9.54. The Balaban J connectivity index is 1.53. The molecule has 0 radical (unpaired) electrons. The number of carbonyl (C=O) groups is 3. The van der Waals surface area contributed by atoms with Crippen LogP contribution in [0, 0.1) is 0 Å². The molecule has 3 rings (SSSR count). The molecule has 29 heavy (non-hydrogen) atoms. The molecule has 1 atom stereocenters. The molecule has 3 amide bonds. The number of amides is 3. The van der Waals surface area contributed by atoms with Crippen molar-refractivity contribution in [3.63, 3.8) is 0 Å². The number of hydrogen-bond acceptors (Lipinski definition) is 4. The Morgan fingerprint density at radius 2 is 1.86 bits per heavy atom. The maximum atomic E-state index is 12.4. The van der Waals surface area contributed by atoms with Crippen molar-refractivity contribution in [3.05, 3.63) is 72.3 Å². The summed E-state index contributed by atoms with van der Waals surface area (Å²) in [6.07, 6.45) is 4.07. The third-order valence-corrected chi connectivity index (χ3v) is 4.53. The van der Waals surface area contributed by atoms with Gasteiger partial charge in [0.2, 0.25) is 17.7 Å². The van der Waals surface area contributed by atoms with E-state index in [4.69, 9.17) is 10.5 Å². The summed E-state index contributed by atoms with van der Waals surface area (Å²) in [6, 6.07) is 15.8. The van der Waals surface area contributed by atoms with Crippen molar-refractivity contribution in [1.82, 2.24) is 4.90 Å². The largest absolute Gasteiger partial charge is 0.489 e. The average molecular weight is 393 g/mol. The molecule has 0 aromatic heterocycles. The summed E-state index contributed by atoms with van der Waals surface area (Å²) in [5, 5.41) is 2.61. The van der Waals surface area contributed by atoms with Crippen LogP contribution in [0.15, 0.2) is 66.7 Å². The van der Waals surface area contributed by atoms with Gasteiger partial charge < -0.3 is 20.7 Å². The summed E-state index contributed by atoms with van der Waals surface area (Å²) >= 11 is 0. The number of ether oxygens (including phenoxy) is 1. The first-order valence-corrected chi connectivity index (χ1v) is 9.41. The first-order chi connectivity index (χ1) is 14.0. The quantitative estimate of drug-likeness (QED) is 0.736. The van der Waals surface area contributed by atoms with Crippen molar-refractivity contribution in [1.29, 1.82) is 0 Å². The highest BCUT2D eigenvalue weighted by molar-refractivity contribution is 6.04. The summed E-state index contributed by atoms with van der Waals surface area (Å²) in [4.78, 5) is 37.4. The molecule has 1 aliphatic heterocycles. The van der Waals surface area contributed by atoms with E-state index >= 15 is 0 Å². The first kappa shape index (κ1) is 20.1. The van der Waals surface area contributed by atoms with E-state index in [1.54, 1.807) is 23.1 Å². The Kier molecular flexibility index (Phi) is 6.63. The van der Waals surface area contributed by atoms with Crippen LogP contribution in [0.25, 0.3) is 0 Å². The average Bonchev–Trinajstić information content (AvgIpc) is 2.73. The van der Waals surface area contributed by atoms with E-state index in [0.29, 0.717) is 24.3 Å². The molecule has 1 fully saturated rings. The van der Waals surface area contributed by atoms with E-state index in [-0.39, 0.29) is 12.0 Å². The minimum absolute atomic E-state index is 0.0751. The number of likely N-dealkylation sites (tertiary alicyclic amines) is 1. The lowest BCUT2D eigenvalue weighted by atomic mass is 10.1. The molecule has 1 heterocycles. The molecule has 2 aromatic carbocycles. The number of nitrogens with two attached hydrogens (primary N) is 1. The van der Waals surface area contributed by atoms with Crippen molar-refractivity contribution < 1.29 is 19.1 Å². The molecule has 0 saturated carbocycles. The molecule has 1 aliphatic rings. The zero-order valence-electron chi connectivity index (χ0n) is 15.9. The second-order valence-electron chi connectivity index (χ2n) is 6.75. The van der Waals surface area contributed by atoms with Crippen molar-refractivity contribution >= 4 is 23.4 Å². The van der Waals surface area contributed by atoms with Gasteiger partial charge in [0.05, 0.1) is 6.54 Å². The van der Waals surface area contributed by atoms with Crippen molar-refractivity contribution in [2.75, 3.05) is 18.4 Å². The van der Waals surface area contributed by atoms with Crippen LogP contribution in [0.2, 0.25) is 0 Å². The molecular weight excluding hydrogens is 370 g/mol. The lowest BCUT2D eigenvalue weighted by molar-refractivity contribution is -0.128. The predicted molar refractivity (Wildman–Crippen MR) is 109 cm³/mol. The highest BCUT2D eigenvalue weighted by Crippen LogP contribution is 2.18. The minimum Gasteiger partial charge on any atom is -0.489 e. The number of para-hydroxylation sites is 1. The number of nitrogens with one attached hydrogen (secondary N) is 1. The number of rotatable bonds is 6. The van der Waals surface area contributed by atoms with Gasteiger partial charge in [0, 0.05) is 29.9 Å². The van der Waals surface area contributed by atoms with Gasteiger partial charge >= 0.3 is 0 Å². The van der Waals surface area contributed by atoms with Crippen LogP contribution in [0.1, 0.15) is 23.2 Å². The Bertz CT molecular complexity index is 911. The molecule has 2 aromatic rings. The molecule has 7 heteroatoms. The van der Waals surface area contributed by atoms with Gasteiger partial charge in [-0.3, -0.25) is 14.4 Å². The lowest BCUT2D eigenvalue weighted by Crippen LogP contribution is -2.43.